The van der Waals surface area contributed by atoms with Crippen molar-refractivity contribution < 1.29 is 4.79 Å². The van der Waals surface area contributed by atoms with Gasteiger partial charge in [-0.1, -0.05) is 23.7 Å². The first-order chi connectivity index (χ1) is 11.1. The molecule has 0 saturated heterocycles. The van der Waals surface area contributed by atoms with Crippen molar-refractivity contribution in [3.63, 3.8) is 0 Å². The number of likely N-dealkylation sites (N-methyl/N-ethyl adjacent to an activating group) is 1. The minimum atomic E-state index is -0.423. The van der Waals surface area contributed by atoms with Crippen molar-refractivity contribution in [2.24, 2.45) is 0 Å². The monoisotopic (exact) mass is 347 g/mol. The molecule has 0 bridgehead atoms. The van der Waals surface area contributed by atoms with Crippen molar-refractivity contribution in [3.05, 3.63) is 45.4 Å². The highest BCUT2D eigenvalue weighted by molar-refractivity contribution is 7.15. The van der Waals surface area contributed by atoms with Crippen LogP contribution in [0.2, 0.25) is 5.02 Å². The van der Waals surface area contributed by atoms with Gasteiger partial charge in [0.2, 0.25) is 5.91 Å². The molecule has 6 heteroatoms. The van der Waals surface area contributed by atoms with Gasteiger partial charge in [-0.05, 0) is 37.6 Å². The smallest absolute Gasteiger partial charge is 0.236 e. The SMILES string of the molecule is CN1CCc2nc(NC(=O)C3(c4cccc(Cl)c4)CC3)sc2C1. The van der Waals surface area contributed by atoms with E-state index >= 15 is 0 Å². The zero-order valence-corrected chi connectivity index (χ0v) is 14.5. The van der Waals surface area contributed by atoms with Crippen LogP contribution >= 0.6 is 22.9 Å². The Balaban J connectivity index is 1.54. The van der Waals surface area contributed by atoms with E-state index in [1.807, 2.05) is 24.3 Å². The Morgan fingerprint density at radius 2 is 2.26 bits per heavy atom. The zero-order valence-electron chi connectivity index (χ0n) is 12.9. The summed E-state index contributed by atoms with van der Waals surface area (Å²) < 4.78 is 0. The van der Waals surface area contributed by atoms with Crippen molar-refractivity contribution in [3.8, 4) is 0 Å². The van der Waals surface area contributed by atoms with Crippen LogP contribution in [-0.2, 0) is 23.2 Å². The van der Waals surface area contributed by atoms with Gasteiger partial charge in [0.05, 0.1) is 11.1 Å². The number of benzene rings is 1. The maximum atomic E-state index is 12.8. The molecule has 1 aliphatic carbocycles. The summed E-state index contributed by atoms with van der Waals surface area (Å²) in [6.07, 6.45) is 2.69. The summed E-state index contributed by atoms with van der Waals surface area (Å²) in [7, 11) is 2.11. The molecular weight excluding hydrogens is 330 g/mol. The van der Waals surface area contributed by atoms with Gasteiger partial charge >= 0.3 is 0 Å². The average molecular weight is 348 g/mol. The van der Waals surface area contributed by atoms with Crippen molar-refractivity contribution in [2.45, 2.75) is 31.2 Å². The fraction of sp³-hybridized carbons (Fsp3) is 0.412. The van der Waals surface area contributed by atoms with Gasteiger partial charge in [-0.15, -0.1) is 11.3 Å². The van der Waals surface area contributed by atoms with Crippen LogP contribution < -0.4 is 5.32 Å². The number of carbonyl (C=O) groups excluding carboxylic acids is 1. The molecule has 4 rings (SSSR count). The van der Waals surface area contributed by atoms with E-state index in [0.29, 0.717) is 5.02 Å². The van der Waals surface area contributed by atoms with E-state index in [2.05, 4.69) is 22.2 Å². The van der Waals surface area contributed by atoms with Gasteiger partial charge in [0.15, 0.2) is 5.13 Å². The molecule has 1 aromatic carbocycles. The van der Waals surface area contributed by atoms with E-state index in [9.17, 15) is 4.79 Å². The van der Waals surface area contributed by atoms with Crippen LogP contribution in [0.5, 0.6) is 0 Å². The molecule has 1 aliphatic heterocycles. The number of anilines is 1. The molecular formula is C17H18ClN3OS. The maximum Gasteiger partial charge on any atom is 0.236 e. The van der Waals surface area contributed by atoms with Gasteiger partial charge in [-0.2, -0.15) is 0 Å². The first-order valence-electron chi connectivity index (χ1n) is 7.81. The Labute approximate surface area is 144 Å². The van der Waals surface area contributed by atoms with E-state index < -0.39 is 5.41 Å². The molecule has 1 fully saturated rings. The fourth-order valence-corrected chi connectivity index (χ4v) is 4.43. The zero-order chi connectivity index (χ0) is 16.0. The second kappa shape index (κ2) is 5.58. The molecule has 1 saturated carbocycles. The largest absolute Gasteiger partial charge is 0.301 e. The van der Waals surface area contributed by atoms with Gasteiger partial charge in [-0.3, -0.25) is 4.79 Å². The van der Waals surface area contributed by atoms with Crippen molar-refractivity contribution in [2.75, 3.05) is 18.9 Å². The standard InChI is InChI=1S/C17H18ClN3OS/c1-21-8-5-13-14(10-21)23-16(19-13)20-15(22)17(6-7-17)11-3-2-4-12(18)9-11/h2-4,9H,5-8,10H2,1H3,(H,19,20,22). The van der Waals surface area contributed by atoms with Crippen LogP contribution in [0.25, 0.3) is 0 Å². The number of carbonyl (C=O) groups is 1. The molecule has 2 aromatic rings. The molecule has 120 valence electrons. The molecule has 1 N–H and O–H groups in total. The number of fused-ring (bicyclic) bond motifs is 1. The Hall–Kier alpha value is -1.43. The van der Waals surface area contributed by atoms with Crippen LogP contribution in [0.15, 0.2) is 24.3 Å². The first-order valence-corrected chi connectivity index (χ1v) is 9.01. The van der Waals surface area contributed by atoms with Crippen LogP contribution in [0.4, 0.5) is 5.13 Å². The summed E-state index contributed by atoms with van der Waals surface area (Å²) in [4.78, 5) is 20.9. The Bertz CT molecular complexity index is 769. The fourth-order valence-electron chi connectivity index (χ4n) is 3.15. The Morgan fingerprint density at radius 1 is 1.43 bits per heavy atom. The molecule has 0 spiro atoms. The van der Waals surface area contributed by atoms with E-state index in [-0.39, 0.29) is 5.91 Å². The van der Waals surface area contributed by atoms with Crippen molar-refractivity contribution in [1.29, 1.82) is 0 Å². The van der Waals surface area contributed by atoms with E-state index in [0.717, 1.165) is 48.7 Å². The van der Waals surface area contributed by atoms with Gasteiger partial charge in [-0.25, -0.2) is 4.98 Å². The number of hydrogen-bond donors (Lipinski definition) is 1. The molecule has 23 heavy (non-hydrogen) atoms. The highest BCUT2D eigenvalue weighted by Crippen LogP contribution is 2.49. The molecule has 0 atom stereocenters. The summed E-state index contributed by atoms with van der Waals surface area (Å²) in [5, 5.41) is 4.44. The van der Waals surface area contributed by atoms with Crippen LogP contribution in [0, 0.1) is 0 Å². The minimum absolute atomic E-state index is 0.0409. The van der Waals surface area contributed by atoms with E-state index in [4.69, 9.17) is 11.6 Å². The van der Waals surface area contributed by atoms with Crippen LogP contribution in [-0.4, -0.2) is 29.4 Å². The lowest BCUT2D eigenvalue weighted by atomic mass is 9.95. The number of amides is 1. The first kappa shape index (κ1) is 15.1. The van der Waals surface area contributed by atoms with Crippen LogP contribution in [0.3, 0.4) is 0 Å². The highest BCUT2D eigenvalue weighted by Gasteiger charge is 2.51. The predicted molar refractivity (Wildman–Crippen MR) is 93.1 cm³/mol. The van der Waals surface area contributed by atoms with Gasteiger partial charge in [0.1, 0.15) is 0 Å². The molecule has 0 radical (unpaired) electrons. The molecule has 4 nitrogen and oxygen atoms in total. The predicted octanol–water partition coefficient (Wildman–Crippen LogP) is 3.45. The Kier molecular flexibility index (Phi) is 3.67. The minimum Gasteiger partial charge on any atom is -0.301 e. The number of rotatable bonds is 3. The third-order valence-corrected chi connectivity index (χ3v) is 5.94. The molecule has 2 heterocycles. The lowest BCUT2D eigenvalue weighted by Crippen LogP contribution is -2.27. The Morgan fingerprint density at radius 3 is 3.00 bits per heavy atom. The lowest BCUT2D eigenvalue weighted by molar-refractivity contribution is -0.118. The number of nitrogens with zero attached hydrogens (tertiary/aromatic N) is 2. The quantitative estimate of drug-likeness (QED) is 0.924. The molecule has 1 aromatic heterocycles. The second-order valence-electron chi connectivity index (χ2n) is 6.42. The topological polar surface area (TPSA) is 45.2 Å². The second-order valence-corrected chi connectivity index (χ2v) is 7.94. The maximum absolute atomic E-state index is 12.8. The third-order valence-electron chi connectivity index (χ3n) is 4.70. The molecule has 1 amide bonds. The normalized spacial score (nSPS) is 19.2. The summed E-state index contributed by atoms with van der Waals surface area (Å²) in [5.41, 5.74) is 1.72. The van der Waals surface area contributed by atoms with Crippen molar-refractivity contribution in [1.82, 2.24) is 9.88 Å². The molecule has 2 aliphatic rings. The summed E-state index contributed by atoms with van der Waals surface area (Å²) in [5.74, 6) is 0.0409. The van der Waals surface area contributed by atoms with Crippen LogP contribution in [0.1, 0.15) is 29.0 Å². The highest BCUT2D eigenvalue weighted by atomic mass is 35.5. The van der Waals surface area contributed by atoms with E-state index in [1.54, 1.807) is 11.3 Å². The van der Waals surface area contributed by atoms with Crippen molar-refractivity contribution >= 4 is 34.0 Å². The number of hydrogen-bond acceptors (Lipinski definition) is 4. The molecule has 0 unspecified atom stereocenters. The number of aromatic nitrogens is 1. The number of thiazole rings is 1. The number of halogens is 1. The lowest BCUT2D eigenvalue weighted by Gasteiger charge is -2.20. The van der Waals surface area contributed by atoms with Gasteiger partial charge in [0, 0.05) is 29.4 Å². The van der Waals surface area contributed by atoms with Gasteiger partial charge < -0.3 is 10.2 Å². The van der Waals surface area contributed by atoms with Gasteiger partial charge in [0.25, 0.3) is 0 Å². The van der Waals surface area contributed by atoms with E-state index in [1.165, 1.54) is 4.88 Å². The third kappa shape index (κ3) is 2.77. The number of nitrogens with one attached hydrogen (secondary N) is 1. The summed E-state index contributed by atoms with van der Waals surface area (Å²) >= 11 is 7.68. The summed E-state index contributed by atoms with van der Waals surface area (Å²) in [6, 6.07) is 7.63. The summed E-state index contributed by atoms with van der Waals surface area (Å²) in [6.45, 7) is 1.94. The average Bonchev–Trinajstić information content (AvgIpc) is 3.24.